The fourth-order valence-electron chi connectivity index (χ4n) is 3.60. The highest BCUT2D eigenvalue weighted by Crippen LogP contribution is 2.31. The monoisotopic (exact) mass is 259 g/mol. The van der Waals surface area contributed by atoms with Gasteiger partial charge in [0.25, 0.3) is 0 Å². The minimum Gasteiger partial charge on any atom is -0.399 e. The Morgan fingerprint density at radius 2 is 2.37 bits per heavy atom. The summed E-state index contributed by atoms with van der Waals surface area (Å²) in [4.78, 5) is 0. The first-order valence-corrected chi connectivity index (χ1v) is 7.60. The van der Waals surface area contributed by atoms with Gasteiger partial charge in [0.15, 0.2) is 0 Å². The summed E-state index contributed by atoms with van der Waals surface area (Å²) in [6, 6.07) is 1.51. The number of rotatable bonds is 3. The van der Waals surface area contributed by atoms with E-state index in [1.165, 1.54) is 24.0 Å². The molecule has 0 spiro atoms. The van der Waals surface area contributed by atoms with Crippen LogP contribution in [0.5, 0.6) is 0 Å². The maximum absolute atomic E-state index is 6.22. The summed E-state index contributed by atoms with van der Waals surface area (Å²) in [7, 11) is 0. The molecule has 0 aromatic carbocycles. The third-order valence-electron chi connectivity index (χ3n) is 4.64. The molecule has 0 aromatic heterocycles. The van der Waals surface area contributed by atoms with Gasteiger partial charge in [-0.05, 0) is 56.7 Å². The Bertz CT molecular complexity index is 427. The van der Waals surface area contributed by atoms with E-state index in [1.807, 2.05) is 0 Å². The van der Waals surface area contributed by atoms with Crippen LogP contribution in [0.4, 0.5) is 0 Å². The van der Waals surface area contributed by atoms with E-state index in [4.69, 9.17) is 5.73 Å². The molecule has 3 rings (SSSR count). The Morgan fingerprint density at radius 3 is 3.16 bits per heavy atom. The second-order valence-corrected chi connectivity index (χ2v) is 5.99. The van der Waals surface area contributed by atoms with Crippen molar-refractivity contribution in [3.05, 3.63) is 35.1 Å². The van der Waals surface area contributed by atoms with Crippen molar-refractivity contribution in [2.24, 2.45) is 5.73 Å². The SMILES string of the molecule is CC(NC1CC=CC2=C1C(N)=CCC2)[C@@H]1CCCN1. The van der Waals surface area contributed by atoms with Gasteiger partial charge in [0.2, 0.25) is 0 Å². The van der Waals surface area contributed by atoms with E-state index in [0.717, 1.165) is 31.5 Å². The average Bonchev–Trinajstić information content (AvgIpc) is 2.93. The first kappa shape index (κ1) is 12.9. The van der Waals surface area contributed by atoms with Gasteiger partial charge in [0, 0.05) is 23.8 Å². The summed E-state index contributed by atoms with van der Waals surface area (Å²) >= 11 is 0. The largest absolute Gasteiger partial charge is 0.399 e. The van der Waals surface area contributed by atoms with Crippen LogP contribution in [0.3, 0.4) is 0 Å². The molecule has 0 amide bonds. The smallest absolute Gasteiger partial charge is 0.0380 e. The van der Waals surface area contributed by atoms with Crippen LogP contribution in [0.2, 0.25) is 0 Å². The Kier molecular flexibility index (Phi) is 3.76. The molecule has 0 saturated carbocycles. The fourth-order valence-corrected chi connectivity index (χ4v) is 3.60. The Morgan fingerprint density at radius 1 is 1.47 bits per heavy atom. The minimum absolute atomic E-state index is 0.397. The number of nitrogens with two attached hydrogens (primary N) is 1. The molecule has 3 nitrogen and oxygen atoms in total. The molecule has 2 aliphatic carbocycles. The van der Waals surface area contributed by atoms with Crippen molar-refractivity contribution < 1.29 is 0 Å². The van der Waals surface area contributed by atoms with Crippen LogP contribution in [0.15, 0.2) is 35.1 Å². The van der Waals surface area contributed by atoms with Gasteiger partial charge in [0.1, 0.15) is 0 Å². The maximum atomic E-state index is 6.22. The van der Waals surface area contributed by atoms with Crippen molar-refractivity contribution in [2.75, 3.05) is 6.54 Å². The first-order valence-electron chi connectivity index (χ1n) is 7.60. The van der Waals surface area contributed by atoms with Crippen LogP contribution in [0.1, 0.15) is 39.0 Å². The van der Waals surface area contributed by atoms with Crippen molar-refractivity contribution in [1.29, 1.82) is 0 Å². The van der Waals surface area contributed by atoms with Crippen LogP contribution < -0.4 is 16.4 Å². The molecule has 1 fully saturated rings. The standard InChI is InChI=1S/C16H25N3/c1-11(14-9-4-10-18-14)19-15-8-3-6-12-5-2-7-13(17)16(12)15/h3,6-7,11,14-15,18-19H,2,4-5,8-10,17H2,1H3/t11?,14-,15?/m0/s1. The van der Waals surface area contributed by atoms with Gasteiger partial charge in [0.05, 0.1) is 0 Å². The molecule has 19 heavy (non-hydrogen) atoms. The van der Waals surface area contributed by atoms with Gasteiger partial charge >= 0.3 is 0 Å². The number of allylic oxidation sites excluding steroid dienone is 3. The molecule has 0 bridgehead atoms. The van der Waals surface area contributed by atoms with Crippen LogP contribution in [-0.4, -0.2) is 24.7 Å². The lowest BCUT2D eigenvalue weighted by molar-refractivity contribution is 0.393. The van der Waals surface area contributed by atoms with E-state index in [0.29, 0.717) is 18.1 Å². The van der Waals surface area contributed by atoms with E-state index in [-0.39, 0.29) is 0 Å². The van der Waals surface area contributed by atoms with Gasteiger partial charge < -0.3 is 16.4 Å². The fraction of sp³-hybridized carbons (Fsp3) is 0.625. The van der Waals surface area contributed by atoms with E-state index < -0.39 is 0 Å². The lowest BCUT2D eigenvalue weighted by atomic mass is 9.84. The highest BCUT2D eigenvalue weighted by atomic mass is 15.1. The van der Waals surface area contributed by atoms with Crippen LogP contribution in [-0.2, 0) is 0 Å². The quantitative estimate of drug-likeness (QED) is 0.726. The summed E-state index contributed by atoms with van der Waals surface area (Å²) in [5, 5.41) is 7.38. The molecule has 2 unspecified atom stereocenters. The zero-order valence-corrected chi connectivity index (χ0v) is 11.8. The van der Waals surface area contributed by atoms with Crippen molar-refractivity contribution in [2.45, 2.75) is 57.2 Å². The normalized spacial score (nSPS) is 32.2. The van der Waals surface area contributed by atoms with Crippen LogP contribution >= 0.6 is 0 Å². The first-order chi connectivity index (χ1) is 9.25. The van der Waals surface area contributed by atoms with Gasteiger partial charge in [-0.15, -0.1) is 0 Å². The van der Waals surface area contributed by atoms with Gasteiger partial charge in [-0.25, -0.2) is 0 Å². The zero-order valence-electron chi connectivity index (χ0n) is 11.8. The highest BCUT2D eigenvalue weighted by Gasteiger charge is 2.28. The molecule has 1 aliphatic heterocycles. The van der Waals surface area contributed by atoms with Gasteiger partial charge in [-0.1, -0.05) is 18.2 Å². The summed E-state index contributed by atoms with van der Waals surface area (Å²) in [5.74, 6) is 0. The molecule has 104 valence electrons. The molecule has 1 saturated heterocycles. The number of nitrogens with one attached hydrogen (secondary N) is 2. The minimum atomic E-state index is 0.397. The van der Waals surface area contributed by atoms with E-state index in [1.54, 1.807) is 0 Å². The second-order valence-electron chi connectivity index (χ2n) is 5.99. The molecule has 3 atom stereocenters. The predicted molar refractivity (Wildman–Crippen MR) is 79.7 cm³/mol. The Hall–Kier alpha value is -1.06. The van der Waals surface area contributed by atoms with Crippen molar-refractivity contribution in [1.82, 2.24) is 10.6 Å². The second kappa shape index (κ2) is 5.51. The topological polar surface area (TPSA) is 50.1 Å². The molecule has 4 N–H and O–H groups in total. The van der Waals surface area contributed by atoms with Crippen molar-refractivity contribution in [3.8, 4) is 0 Å². The molecular formula is C16H25N3. The van der Waals surface area contributed by atoms with E-state index in [9.17, 15) is 0 Å². The van der Waals surface area contributed by atoms with E-state index >= 15 is 0 Å². The summed E-state index contributed by atoms with van der Waals surface area (Å²) in [6.07, 6.45) is 12.6. The number of hydrogen-bond donors (Lipinski definition) is 3. The maximum Gasteiger partial charge on any atom is 0.0380 e. The zero-order chi connectivity index (χ0) is 13.2. The van der Waals surface area contributed by atoms with Crippen LogP contribution in [0.25, 0.3) is 0 Å². The Labute approximate surface area is 116 Å². The lowest BCUT2D eigenvalue weighted by Gasteiger charge is -2.33. The van der Waals surface area contributed by atoms with Gasteiger partial charge in [-0.2, -0.15) is 0 Å². The molecule has 3 aliphatic rings. The Balaban J connectivity index is 1.72. The summed E-state index contributed by atoms with van der Waals surface area (Å²) in [5.41, 5.74) is 10.0. The third kappa shape index (κ3) is 2.63. The highest BCUT2D eigenvalue weighted by molar-refractivity contribution is 5.47. The van der Waals surface area contributed by atoms with E-state index in [2.05, 4.69) is 35.8 Å². The summed E-state index contributed by atoms with van der Waals surface area (Å²) in [6.45, 7) is 3.46. The molecule has 0 aromatic rings. The predicted octanol–water partition coefficient (Wildman–Crippen LogP) is 1.98. The average molecular weight is 259 g/mol. The molecule has 0 radical (unpaired) electrons. The molecule has 3 heteroatoms. The summed E-state index contributed by atoms with van der Waals surface area (Å²) < 4.78 is 0. The third-order valence-corrected chi connectivity index (χ3v) is 4.64. The van der Waals surface area contributed by atoms with Gasteiger partial charge in [-0.3, -0.25) is 0 Å². The van der Waals surface area contributed by atoms with Crippen molar-refractivity contribution in [3.63, 3.8) is 0 Å². The molecular weight excluding hydrogens is 234 g/mol. The van der Waals surface area contributed by atoms with Crippen molar-refractivity contribution >= 4 is 0 Å². The van der Waals surface area contributed by atoms with Crippen LogP contribution in [0, 0.1) is 0 Å². The lowest BCUT2D eigenvalue weighted by Crippen LogP contribution is -2.48. The number of hydrogen-bond acceptors (Lipinski definition) is 3. The molecule has 1 heterocycles.